The van der Waals surface area contributed by atoms with Crippen LogP contribution in [-0.4, -0.2) is 16.8 Å². The summed E-state index contributed by atoms with van der Waals surface area (Å²) >= 11 is 5.94. The Morgan fingerprint density at radius 3 is 1.57 bits per heavy atom. The average molecular weight is 387 g/mol. The third-order valence-electron chi connectivity index (χ3n) is 6.39. The maximum Gasteiger partial charge on any atom is 0.239 e. The van der Waals surface area contributed by atoms with Crippen LogP contribution in [-0.2, 0) is 9.59 Å². The molecule has 5 heteroatoms. The molecule has 1 saturated heterocycles. The van der Waals surface area contributed by atoms with Gasteiger partial charge in [0.05, 0.1) is 16.9 Å². The number of anilines is 1. The summed E-state index contributed by atoms with van der Waals surface area (Å²) in [5, 5.41) is 0.472. The van der Waals surface area contributed by atoms with E-state index in [0.29, 0.717) is 10.8 Å². The first-order chi connectivity index (χ1) is 13.7. The number of hydrogen-bond acceptors (Lipinski definition) is 3. The van der Waals surface area contributed by atoms with Crippen LogP contribution in [0, 0.1) is 11.8 Å². The molecule has 0 saturated carbocycles. The molecule has 0 radical (unpaired) electrons. The van der Waals surface area contributed by atoms with Crippen molar-refractivity contribution < 1.29 is 9.59 Å². The van der Waals surface area contributed by atoms with E-state index in [1.165, 1.54) is 33.4 Å². The molecule has 7 rings (SSSR count). The second-order valence-electron chi connectivity index (χ2n) is 7.61. The van der Waals surface area contributed by atoms with Gasteiger partial charge in [-0.15, -0.1) is 0 Å². The molecule has 1 aliphatic heterocycles. The van der Waals surface area contributed by atoms with Crippen molar-refractivity contribution in [2.75, 3.05) is 4.90 Å². The van der Waals surface area contributed by atoms with Gasteiger partial charge in [-0.2, -0.15) is 0 Å². The Labute approximate surface area is 166 Å². The summed E-state index contributed by atoms with van der Waals surface area (Å²) in [7, 11) is 0. The summed E-state index contributed by atoms with van der Waals surface area (Å²) < 4.78 is 0. The van der Waals surface area contributed by atoms with Crippen molar-refractivity contribution >= 4 is 29.2 Å². The van der Waals surface area contributed by atoms with Crippen LogP contribution in [0.5, 0.6) is 0 Å². The standard InChI is InChI=1S/C23H15ClN2O2/c24-12-9-10-17(25-11-12)26-22(27)20-18-13-5-1-2-6-14(13)19(21(20)23(26)28)16-8-4-3-7-15(16)18/h1-11,18-21H/t18?,19?,20-,21+. The van der Waals surface area contributed by atoms with E-state index in [2.05, 4.69) is 29.2 Å². The van der Waals surface area contributed by atoms with Crippen LogP contribution in [0.25, 0.3) is 0 Å². The number of nitrogens with zero attached hydrogens (tertiary/aromatic N) is 2. The minimum absolute atomic E-state index is 0.101. The number of imide groups is 1. The third kappa shape index (κ3) is 1.88. The highest BCUT2D eigenvalue weighted by molar-refractivity contribution is 6.30. The molecule has 0 N–H and O–H groups in total. The number of pyridine rings is 1. The van der Waals surface area contributed by atoms with Crippen molar-refractivity contribution in [3.8, 4) is 0 Å². The topological polar surface area (TPSA) is 50.3 Å². The molecular formula is C23H15ClN2O2. The predicted octanol–water partition coefficient (Wildman–Crippen LogP) is 4.13. The van der Waals surface area contributed by atoms with Crippen LogP contribution in [0.4, 0.5) is 5.82 Å². The van der Waals surface area contributed by atoms with Crippen LogP contribution in [0.3, 0.4) is 0 Å². The van der Waals surface area contributed by atoms with Crippen LogP contribution in [0.15, 0.2) is 66.9 Å². The summed E-state index contributed by atoms with van der Waals surface area (Å²) in [6, 6.07) is 19.7. The van der Waals surface area contributed by atoms with Crippen molar-refractivity contribution in [2.45, 2.75) is 11.8 Å². The third-order valence-corrected chi connectivity index (χ3v) is 6.61. The zero-order valence-electron chi connectivity index (χ0n) is 14.7. The van der Waals surface area contributed by atoms with Crippen LogP contribution in [0.2, 0.25) is 5.02 Å². The van der Waals surface area contributed by atoms with Gasteiger partial charge >= 0.3 is 0 Å². The SMILES string of the molecule is O=C1[C@@H]2C3c4ccccc4C(c4ccccc43)[C@@H]2C(=O)N1c1ccc(Cl)cn1. The van der Waals surface area contributed by atoms with Crippen LogP contribution < -0.4 is 4.90 Å². The highest BCUT2D eigenvalue weighted by atomic mass is 35.5. The van der Waals surface area contributed by atoms with Gasteiger partial charge in [0.25, 0.3) is 0 Å². The van der Waals surface area contributed by atoms with E-state index in [1.54, 1.807) is 12.1 Å². The zero-order chi connectivity index (χ0) is 19.0. The molecule has 2 aromatic carbocycles. The molecule has 3 aromatic rings. The lowest BCUT2D eigenvalue weighted by Crippen LogP contribution is -2.41. The van der Waals surface area contributed by atoms with Gasteiger partial charge in [0.1, 0.15) is 5.82 Å². The summed E-state index contributed by atoms with van der Waals surface area (Å²) in [6.45, 7) is 0. The Bertz CT molecular complexity index is 1040. The highest BCUT2D eigenvalue weighted by Crippen LogP contribution is 2.61. The molecule has 1 fully saturated rings. The molecule has 3 aliphatic carbocycles. The highest BCUT2D eigenvalue weighted by Gasteiger charge is 2.61. The quantitative estimate of drug-likeness (QED) is 0.591. The van der Waals surface area contributed by atoms with Crippen molar-refractivity contribution in [2.24, 2.45) is 11.8 Å². The fourth-order valence-corrected chi connectivity index (χ4v) is 5.52. The second kappa shape index (κ2) is 5.52. The van der Waals surface area contributed by atoms with E-state index < -0.39 is 0 Å². The summed E-state index contributed by atoms with van der Waals surface area (Å²) in [6.07, 6.45) is 1.47. The first-order valence-electron chi connectivity index (χ1n) is 9.34. The van der Waals surface area contributed by atoms with Crippen molar-refractivity contribution in [3.05, 3.63) is 94.1 Å². The number of rotatable bonds is 1. The molecule has 2 bridgehead atoms. The smallest absolute Gasteiger partial charge is 0.239 e. The number of carbonyl (C=O) groups is 2. The minimum atomic E-state index is -0.389. The van der Waals surface area contributed by atoms with Crippen LogP contribution in [0.1, 0.15) is 34.1 Å². The van der Waals surface area contributed by atoms with Gasteiger partial charge in [0.15, 0.2) is 0 Å². The number of hydrogen-bond donors (Lipinski definition) is 0. The molecule has 4 aliphatic rings. The van der Waals surface area contributed by atoms with Crippen molar-refractivity contribution in [1.82, 2.24) is 4.98 Å². The lowest BCUT2D eigenvalue weighted by molar-refractivity contribution is -0.122. The predicted molar refractivity (Wildman–Crippen MR) is 105 cm³/mol. The minimum Gasteiger partial charge on any atom is -0.274 e. The van der Waals surface area contributed by atoms with Crippen molar-refractivity contribution in [1.29, 1.82) is 0 Å². The molecule has 28 heavy (non-hydrogen) atoms. The Hall–Kier alpha value is -2.98. The van der Waals surface area contributed by atoms with E-state index in [4.69, 9.17) is 11.6 Å². The number of halogens is 1. The van der Waals surface area contributed by atoms with E-state index in [9.17, 15) is 9.59 Å². The summed E-state index contributed by atoms with van der Waals surface area (Å²) in [5.74, 6) is -0.958. The molecule has 136 valence electrons. The maximum absolute atomic E-state index is 13.5. The van der Waals surface area contributed by atoms with Gasteiger partial charge < -0.3 is 0 Å². The Morgan fingerprint density at radius 1 is 0.714 bits per heavy atom. The van der Waals surface area contributed by atoms with E-state index in [-0.39, 0.29) is 35.5 Å². The first kappa shape index (κ1) is 16.0. The van der Waals surface area contributed by atoms with Gasteiger partial charge in [0, 0.05) is 18.0 Å². The normalized spacial score (nSPS) is 26.8. The summed E-state index contributed by atoms with van der Waals surface area (Å²) in [5.41, 5.74) is 4.66. The fourth-order valence-electron chi connectivity index (χ4n) is 5.40. The maximum atomic E-state index is 13.5. The molecule has 0 unspecified atom stereocenters. The number of amides is 2. The fraction of sp³-hybridized carbons (Fsp3) is 0.174. The van der Waals surface area contributed by atoms with Gasteiger partial charge in [-0.05, 0) is 34.4 Å². The van der Waals surface area contributed by atoms with E-state index in [1.807, 2.05) is 24.3 Å². The zero-order valence-corrected chi connectivity index (χ0v) is 15.5. The largest absolute Gasteiger partial charge is 0.274 e. The molecule has 0 spiro atoms. The molecule has 2 amide bonds. The Kier molecular flexibility index (Phi) is 3.16. The molecule has 4 nitrogen and oxygen atoms in total. The molecular weight excluding hydrogens is 372 g/mol. The lowest BCUT2D eigenvalue weighted by Gasteiger charge is -2.45. The average Bonchev–Trinajstić information content (AvgIpc) is 3.00. The lowest BCUT2D eigenvalue weighted by atomic mass is 9.55. The first-order valence-corrected chi connectivity index (χ1v) is 9.71. The van der Waals surface area contributed by atoms with E-state index in [0.717, 1.165) is 0 Å². The second-order valence-corrected chi connectivity index (χ2v) is 8.05. The Balaban J connectivity index is 1.57. The summed E-state index contributed by atoms with van der Waals surface area (Å²) in [4.78, 5) is 32.5. The Morgan fingerprint density at radius 2 is 1.18 bits per heavy atom. The number of aromatic nitrogens is 1. The molecule has 1 aromatic heterocycles. The number of carbonyl (C=O) groups excluding carboxylic acids is 2. The van der Waals surface area contributed by atoms with Gasteiger partial charge in [-0.25, -0.2) is 9.88 Å². The number of benzene rings is 2. The molecule has 2 heterocycles. The van der Waals surface area contributed by atoms with Crippen LogP contribution >= 0.6 is 11.6 Å². The van der Waals surface area contributed by atoms with Gasteiger partial charge in [-0.3, -0.25) is 9.59 Å². The van der Waals surface area contributed by atoms with Crippen molar-refractivity contribution in [3.63, 3.8) is 0 Å². The molecule has 2 atom stereocenters. The van der Waals surface area contributed by atoms with Gasteiger partial charge in [0.2, 0.25) is 11.8 Å². The monoisotopic (exact) mass is 386 g/mol. The van der Waals surface area contributed by atoms with Gasteiger partial charge in [-0.1, -0.05) is 60.1 Å². The van der Waals surface area contributed by atoms with E-state index >= 15 is 0 Å².